The third-order valence-corrected chi connectivity index (χ3v) is 8.24. The molecule has 6 heteroatoms. The van der Waals surface area contributed by atoms with Crippen LogP contribution in [0.5, 0.6) is 0 Å². The van der Waals surface area contributed by atoms with Gasteiger partial charge in [0.1, 0.15) is 5.01 Å². The standard InChI is InChI=1S/C24H33N3OS2/c1-3-9-18(2)27-14-21-20(24(27)28)10-8-11-22(21)29-16-19-17-30-23(25-19)15-26-12-6-4-5-7-13-26/h8,10-11,17-18H,3-7,9,12-16H2,1-2H3. The minimum Gasteiger partial charge on any atom is -0.332 e. The van der Waals surface area contributed by atoms with Crippen LogP contribution in [-0.2, 0) is 18.8 Å². The molecule has 1 unspecified atom stereocenters. The van der Waals surface area contributed by atoms with Crippen molar-refractivity contribution in [1.29, 1.82) is 0 Å². The predicted octanol–water partition coefficient (Wildman–Crippen LogP) is 5.96. The number of benzene rings is 1. The minimum absolute atomic E-state index is 0.196. The van der Waals surface area contributed by atoms with E-state index in [2.05, 4.69) is 30.2 Å². The summed E-state index contributed by atoms with van der Waals surface area (Å²) in [4.78, 5) is 23.6. The molecule has 1 fully saturated rings. The predicted molar refractivity (Wildman–Crippen MR) is 126 cm³/mol. The summed E-state index contributed by atoms with van der Waals surface area (Å²) < 4.78 is 0. The van der Waals surface area contributed by atoms with Crippen molar-refractivity contribution in [3.8, 4) is 0 Å². The molecular formula is C24H33N3OS2. The van der Waals surface area contributed by atoms with Gasteiger partial charge in [-0.3, -0.25) is 9.69 Å². The Balaban J connectivity index is 1.38. The normalized spacial score (nSPS) is 18.5. The fourth-order valence-corrected chi connectivity index (χ4v) is 6.43. The van der Waals surface area contributed by atoms with E-state index in [9.17, 15) is 4.79 Å². The fraction of sp³-hybridized carbons (Fsp3) is 0.583. The number of thioether (sulfide) groups is 1. The quantitative estimate of drug-likeness (QED) is 0.472. The van der Waals surface area contributed by atoms with Crippen LogP contribution in [0.1, 0.15) is 79.0 Å². The van der Waals surface area contributed by atoms with E-state index >= 15 is 0 Å². The van der Waals surface area contributed by atoms with E-state index in [1.165, 1.54) is 54.2 Å². The zero-order valence-corrected chi connectivity index (χ0v) is 19.9. The van der Waals surface area contributed by atoms with Crippen LogP contribution in [-0.4, -0.2) is 39.8 Å². The fourth-order valence-electron chi connectivity index (χ4n) is 4.52. The van der Waals surface area contributed by atoms with Crippen LogP contribution in [0.2, 0.25) is 0 Å². The highest BCUT2D eigenvalue weighted by Gasteiger charge is 2.32. The SMILES string of the molecule is CCCC(C)N1Cc2c(SCc3csc(CN4CCCCCC4)n3)cccc2C1=O. The smallest absolute Gasteiger partial charge is 0.254 e. The lowest BCUT2D eigenvalue weighted by molar-refractivity contribution is 0.0708. The molecule has 4 nitrogen and oxygen atoms in total. The van der Waals surface area contributed by atoms with Gasteiger partial charge in [0.25, 0.3) is 5.91 Å². The van der Waals surface area contributed by atoms with Gasteiger partial charge in [0.2, 0.25) is 0 Å². The summed E-state index contributed by atoms with van der Waals surface area (Å²) in [6, 6.07) is 6.48. The molecule has 0 bridgehead atoms. The first-order valence-corrected chi connectivity index (χ1v) is 13.2. The summed E-state index contributed by atoms with van der Waals surface area (Å²) in [5.74, 6) is 1.06. The van der Waals surface area contributed by atoms with Crippen molar-refractivity contribution in [3.05, 3.63) is 45.4 Å². The molecule has 0 spiro atoms. The molecule has 162 valence electrons. The highest BCUT2D eigenvalue weighted by atomic mass is 32.2. The van der Waals surface area contributed by atoms with Gasteiger partial charge in [-0.05, 0) is 57.0 Å². The first-order valence-electron chi connectivity index (χ1n) is 11.4. The molecule has 0 N–H and O–H groups in total. The molecule has 4 rings (SSSR count). The monoisotopic (exact) mass is 443 g/mol. The molecule has 1 amide bonds. The average Bonchev–Trinajstić information content (AvgIpc) is 3.23. The number of carbonyl (C=O) groups is 1. The van der Waals surface area contributed by atoms with Crippen LogP contribution in [0.4, 0.5) is 0 Å². The first kappa shape index (κ1) is 21.8. The molecule has 1 aromatic carbocycles. The number of likely N-dealkylation sites (tertiary alicyclic amines) is 1. The number of rotatable bonds is 8. The van der Waals surface area contributed by atoms with Gasteiger partial charge in [0.15, 0.2) is 0 Å². The van der Waals surface area contributed by atoms with Gasteiger partial charge < -0.3 is 4.90 Å². The highest BCUT2D eigenvalue weighted by molar-refractivity contribution is 7.98. The van der Waals surface area contributed by atoms with Crippen LogP contribution < -0.4 is 0 Å². The van der Waals surface area contributed by atoms with E-state index in [0.717, 1.165) is 42.9 Å². The Labute approximate surface area is 189 Å². The maximum Gasteiger partial charge on any atom is 0.254 e. The topological polar surface area (TPSA) is 36.4 Å². The van der Waals surface area contributed by atoms with Gasteiger partial charge in [-0.25, -0.2) is 4.98 Å². The molecule has 2 aliphatic rings. The van der Waals surface area contributed by atoms with Gasteiger partial charge in [-0.2, -0.15) is 0 Å². The van der Waals surface area contributed by atoms with Crippen molar-refractivity contribution < 1.29 is 4.79 Å². The molecule has 2 aromatic rings. The van der Waals surface area contributed by atoms with E-state index < -0.39 is 0 Å². The Morgan fingerprint density at radius 3 is 2.77 bits per heavy atom. The van der Waals surface area contributed by atoms with Gasteiger partial charge in [0.05, 0.1) is 12.2 Å². The Morgan fingerprint density at radius 2 is 2.00 bits per heavy atom. The third-order valence-electron chi connectivity index (χ3n) is 6.22. The molecule has 1 aromatic heterocycles. The Morgan fingerprint density at radius 1 is 1.20 bits per heavy atom. The maximum atomic E-state index is 12.9. The molecule has 1 saturated heterocycles. The summed E-state index contributed by atoms with van der Waals surface area (Å²) in [5, 5.41) is 3.45. The summed E-state index contributed by atoms with van der Waals surface area (Å²) >= 11 is 3.61. The van der Waals surface area contributed by atoms with Crippen molar-refractivity contribution in [1.82, 2.24) is 14.8 Å². The van der Waals surface area contributed by atoms with Crippen LogP contribution in [0.3, 0.4) is 0 Å². The molecule has 0 radical (unpaired) electrons. The average molecular weight is 444 g/mol. The van der Waals surface area contributed by atoms with Crippen LogP contribution in [0.25, 0.3) is 0 Å². The van der Waals surface area contributed by atoms with E-state index in [-0.39, 0.29) is 5.91 Å². The lowest BCUT2D eigenvalue weighted by atomic mass is 10.1. The maximum absolute atomic E-state index is 12.9. The Kier molecular flexibility index (Phi) is 7.50. The lowest BCUT2D eigenvalue weighted by Crippen LogP contribution is -2.33. The van der Waals surface area contributed by atoms with E-state index in [4.69, 9.17) is 4.98 Å². The highest BCUT2D eigenvalue weighted by Crippen LogP contribution is 2.35. The Hall–Kier alpha value is -1.37. The summed E-state index contributed by atoms with van der Waals surface area (Å²) in [6.07, 6.45) is 7.54. The van der Waals surface area contributed by atoms with E-state index in [0.29, 0.717) is 6.04 Å². The minimum atomic E-state index is 0.196. The van der Waals surface area contributed by atoms with Crippen molar-refractivity contribution in [2.75, 3.05) is 13.1 Å². The van der Waals surface area contributed by atoms with E-state index in [1.807, 2.05) is 28.8 Å². The van der Waals surface area contributed by atoms with Gasteiger partial charge >= 0.3 is 0 Å². The van der Waals surface area contributed by atoms with E-state index in [1.54, 1.807) is 11.3 Å². The number of thiazole rings is 1. The largest absolute Gasteiger partial charge is 0.332 e. The first-order chi connectivity index (χ1) is 14.7. The number of nitrogens with zero attached hydrogens (tertiary/aromatic N) is 3. The van der Waals surface area contributed by atoms with Crippen LogP contribution in [0.15, 0.2) is 28.5 Å². The van der Waals surface area contributed by atoms with Gasteiger partial charge in [-0.15, -0.1) is 23.1 Å². The molecule has 0 saturated carbocycles. The number of fused-ring (bicyclic) bond motifs is 1. The number of hydrogen-bond acceptors (Lipinski definition) is 5. The number of carbonyl (C=O) groups excluding carboxylic acids is 1. The van der Waals surface area contributed by atoms with Crippen molar-refractivity contribution in [2.24, 2.45) is 0 Å². The lowest BCUT2D eigenvalue weighted by Gasteiger charge is -2.23. The van der Waals surface area contributed by atoms with Crippen LogP contribution >= 0.6 is 23.1 Å². The molecule has 1 atom stereocenters. The number of hydrogen-bond donors (Lipinski definition) is 0. The zero-order chi connectivity index (χ0) is 20.9. The second-order valence-corrected chi connectivity index (χ2v) is 10.5. The number of aromatic nitrogens is 1. The Bertz CT molecular complexity index is 858. The van der Waals surface area contributed by atoms with Gasteiger partial charge in [-0.1, -0.05) is 32.3 Å². The third kappa shape index (κ3) is 5.09. The second-order valence-electron chi connectivity index (χ2n) is 8.56. The summed E-state index contributed by atoms with van der Waals surface area (Å²) in [5.41, 5.74) is 3.26. The van der Waals surface area contributed by atoms with Crippen molar-refractivity contribution in [2.45, 2.75) is 82.2 Å². The molecule has 30 heavy (non-hydrogen) atoms. The zero-order valence-electron chi connectivity index (χ0n) is 18.2. The summed E-state index contributed by atoms with van der Waals surface area (Å²) in [7, 11) is 0. The molecule has 3 heterocycles. The molecular weight excluding hydrogens is 410 g/mol. The summed E-state index contributed by atoms with van der Waals surface area (Å²) in [6.45, 7) is 8.51. The van der Waals surface area contributed by atoms with Crippen molar-refractivity contribution >= 4 is 29.0 Å². The molecule has 2 aliphatic heterocycles. The number of amides is 1. The van der Waals surface area contributed by atoms with Crippen molar-refractivity contribution in [3.63, 3.8) is 0 Å². The van der Waals surface area contributed by atoms with Gasteiger partial charge in [0, 0.05) is 34.2 Å². The second kappa shape index (κ2) is 10.3. The van der Waals surface area contributed by atoms with Crippen LogP contribution in [0, 0.1) is 0 Å². The molecule has 0 aliphatic carbocycles.